The summed E-state index contributed by atoms with van der Waals surface area (Å²) in [6.45, 7) is 6.42. The van der Waals surface area contributed by atoms with Crippen LogP contribution in [-0.2, 0) is 17.6 Å². The Kier molecular flexibility index (Phi) is 14.8. The van der Waals surface area contributed by atoms with Gasteiger partial charge in [0.1, 0.15) is 17.5 Å². The summed E-state index contributed by atoms with van der Waals surface area (Å²) in [7, 11) is 3.35. The molecule has 0 saturated heterocycles. The number of hydrogen-bond acceptors (Lipinski definition) is 9. The van der Waals surface area contributed by atoms with Crippen molar-refractivity contribution in [3.05, 3.63) is 70.5 Å². The van der Waals surface area contributed by atoms with Crippen molar-refractivity contribution in [2.75, 3.05) is 58.4 Å². The minimum Gasteiger partial charge on any atom is -0.542 e. The molecule has 1 aromatic heterocycles. The van der Waals surface area contributed by atoms with Gasteiger partial charge >= 0.3 is 6.18 Å². The number of ether oxygens (including phenoxy) is 2. The lowest BCUT2D eigenvalue weighted by molar-refractivity contribution is -0.925. The molecule has 0 saturated carbocycles. The van der Waals surface area contributed by atoms with Crippen LogP contribution in [0.2, 0.25) is 5.15 Å². The van der Waals surface area contributed by atoms with Crippen molar-refractivity contribution in [2.24, 2.45) is 0 Å². The molecule has 0 atom stereocenters. The molecule has 11 nitrogen and oxygen atoms in total. The predicted octanol–water partition coefficient (Wildman–Crippen LogP) is 3.44. The highest BCUT2D eigenvalue weighted by Crippen LogP contribution is 2.19. The Morgan fingerprint density at radius 1 is 0.870 bits per heavy atom. The van der Waals surface area contributed by atoms with E-state index in [-0.39, 0.29) is 22.5 Å². The van der Waals surface area contributed by atoms with E-state index in [1.165, 1.54) is 11.1 Å². The molecule has 0 aliphatic rings. The number of carbonyl (C=O) groups excluding carboxylic acids is 2. The molecule has 0 spiro atoms. The van der Waals surface area contributed by atoms with Crippen LogP contribution in [-0.4, -0.2) is 79.4 Å². The average Bonchev–Trinajstić information content (AvgIpc) is 3.03. The van der Waals surface area contributed by atoms with E-state index in [0.717, 1.165) is 67.8 Å². The Morgan fingerprint density at radius 3 is 1.72 bits per heavy atom. The highest BCUT2D eigenvalue weighted by atomic mass is 35.5. The van der Waals surface area contributed by atoms with Gasteiger partial charge in [-0.3, -0.25) is 4.79 Å². The van der Waals surface area contributed by atoms with Gasteiger partial charge in [-0.1, -0.05) is 35.9 Å². The molecular weight excluding hydrogens is 629 g/mol. The summed E-state index contributed by atoms with van der Waals surface area (Å²) in [4.78, 5) is 29.5. The third-order valence-corrected chi connectivity index (χ3v) is 7.69. The second-order valence-corrected chi connectivity index (χ2v) is 10.8. The third-order valence-electron chi connectivity index (χ3n) is 7.41. The van der Waals surface area contributed by atoms with Gasteiger partial charge in [0.25, 0.3) is 5.91 Å². The molecule has 5 N–H and O–H groups in total. The molecule has 0 bridgehead atoms. The first-order chi connectivity index (χ1) is 21.7. The number of nitrogens with two attached hydrogens (primary N) is 2. The fourth-order valence-corrected chi connectivity index (χ4v) is 4.86. The first-order valence-electron chi connectivity index (χ1n) is 14.5. The van der Waals surface area contributed by atoms with Crippen molar-refractivity contribution in [1.82, 2.24) is 15.3 Å². The summed E-state index contributed by atoms with van der Waals surface area (Å²) in [6, 6.07) is 16.5. The molecule has 15 heteroatoms. The summed E-state index contributed by atoms with van der Waals surface area (Å²) in [5, 5.41) is 11.7. The number of halogens is 4. The maximum atomic E-state index is 12.8. The van der Waals surface area contributed by atoms with Crippen LogP contribution in [0.15, 0.2) is 48.5 Å². The van der Waals surface area contributed by atoms with E-state index in [9.17, 15) is 18.0 Å². The number of nitrogens with one attached hydrogen (secondary N) is 1. The van der Waals surface area contributed by atoms with Gasteiger partial charge in [-0.25, -0.2) is 9.97 Å². The lowest BCUT2D eigenvalue weighted by Gasteiger charge is -2.38. The van der Waals surface area contributed by atoms with Gasteiger partial charge in [-0.2, -0.15) is 13.2 Å². The molecule has 2 aromatic carbocycles. The number of hydrogen-bond donors (Lipinski definition) is 3. The van der Waals surface area contributed by atoms with E-state index >= 15 is 0 Å². The second kappa shape index (κ2) is 18.0. The van der Waals surface area contributed by atoms with Crippen LogP contribution in [0.25, 0.3) is 0 Å². The molecule has 46 heavy (non-hydrogen) atoms. The number of quaternary nitrogens is 1. The van der Waals surface area contributed by atoms with Crippen LogP contribution in [0.1, 0.15) is 41.4 Å². The van der Waals surface area contributed by atoms with Gasteiger partial charge in [0.15, 0.2) is 22.5 Å². The van der Waals surface area contributed by atoms with Crippen LogP contribution in [0, 0.1) is 0 Å². The number of aliphatic carboxylic acids is 1. The minimum atomic E-state index is -5.19. The van der Waals surface area contributed by atoms with Crippen molar-refractivity contribution in [1.29, 1.82) is 0 Å². The molecule has 0 fully saturated rings. The molecule has 3 aromatic rings. The number of benzene rings is 2. The number of amides is 1. The van der Waals surface area contributed by atoms with Crippen molar-refractivity contribution in [3.63, 3.8) is 0 Å². The zero-order chi connectivity index (χ0) is 34.3. The zero-order valence-electron chi connectivity index (χ0n) is 26.0. The summed E-state index contributed by atoms with van der Waals surface area (Å²) in [6.07, 6.45) is -1.18. The number of rotatable bonds is 15. The first kappa shape index (κ1) is 37.9. The second-order valence-electron chi connectivity index (χ2n) is 10.4. The SMILES string of the molecule is CC[N+](CCCc1ccc(OC)cc1)(CCCc1ccc(OC)cc1)CCNC(=O)c1nc(Cl)c(N)nc1N.O=C([O-])C(F)(F)F. The van der Waals surface area contributed by atoms with E-state index in [4.69, 9.17) is 42.4 Å². The largest absolute Gasteiger partial charge is 0.542 e. The van der Waals surface area contributed by atoms with Gasteiger partial charge in [-0.05, 0) is 55.2 Å². The summed E-state index contributed by atoms with van der Waals surface area (Å²) >= 11 is 5.96. The quantitative estimate of drug-likeness (QED) is 0.206. The highest BCUT2D eigenvalue weighted by Gasteiger charge is 2.29. The van der Waals surface area contributed by atoms with E-state index in [0.29, 0.717) is 6.54 Å². The van der Waals surface area contributed by atoms with Crippen molar-refractivity contribution >= 4 is 35.1 Å². The summed E-state index contributed by atoms with van der Waals surface area (Å²) < 4.78 is 43.0. The monoisotopic (exact) mass is 668 g/mol. The maximum absolute atomic E-state index is 12.8. The van der Waals surface area contributed by atoms with Crippen LogP contribution in [0.4, 0.5) is 24.8 Å². The normalized spacial score (nSPS) is 11.3. The summed E-state index contributed by atoms with van der Waals surface area (Å²) in [5.74, 6) is -1.73. The number of alkyl halides is 3. The number of methoxy groups -OCH3 is 2. The van der Waals surface area contributed by atoms with Gasteiger partial charge in [0.05, 0.1) is 46.9 Å². The number of likely N-dealkylation sites (N-methyl/N-ethyl adjacent to an activating group) is 1. The topological polar surface area (TPSA) is 166 Å². The molecule has 0 aliphatic heterocycles. The standard InChI is InChI=1S/C29H39ClN6O3.C2HF3O2/c1-4-36(18-5-7-21-9-13-23(38-2)14-10-21,19-6-8-22-11-15-24(39-3)16-12-22)20-17-33-29(37)25-27(31)35-28(32)26(30)34-25;3-2(4,5)1(6)7/h9-16H,4-8,17-20H2,1-3H3,(H4-,31,32,33,35,37);(H,6,7). The number of nitrogen functional groups attached to an aromatic ring is 2. The smallest absolute Gasteiger partial charge is 0.430 e. The molecule has 1 heterocycles. The third kappa shape index (κ3) is 12.2. The molecule has 0 unspecified atom stereocenters. The molecular formula is C31H40ClF3N6O5. The van der Waals surface area contributed by atoms with Crippen LogP contribution in [0.5, 0.6) is 11.5 Å². The van der Waals surface area contributed by atoms with Crippen LogP contribution >= 0.6 is 11.6 Å². The van der Waals surface area contributed by atoms with Gasteiger partial charge in [0, 0.05) is 12.8 Å². The fraction of sp³-hybridized carbons (Fsp3) is 0.419. The number of nitrogens with zero attached hydrogens (tertiary/aromatic N) is 3. The number of carboxylic acids is 1. The Morgan fingerprint density at radius 2 is 1.33 bits per heavy atom. The predicted molar refractivity (Wildman–Crippen MR) is 167 cm³/mol. The minimum absolute atomic E-state index is 0.00102. The van der Waals surface area contributed by atoms with E-state index < -0.39 is 18.1 Å². The molecule has 252 valence electrons. The number of carboxylic acid groups (broad SMARTS) is 1. The molecule has 3 rings (SSSR count). The Balaban J connectivity index is 0.000000942. The zero-order valence-corrected chi connectivity index (χ0v) is 26.8. The molecule has 1 amide bonds. The lowest BCUT2D eigenvalue weighted by Crippen LogP contribution is -2.53. The Hall–Kier alpha value is -4.30. The molecule has 0 radical (unpaired) electrons. The number of carbonyl (C=O) groups is 2. The van der Waals surface area contributed by atoms with Crippen molar-refractivity contribution < 1.29 is 41.8 Å². The van der Waals surface area contributed by atoms with Crippen LogP contribution < -0.4 is 31.4 Å². The fourth-order valence-electron chi connectivity index (χ4n) is 4.73. The number of aryl methyl sites for hydroxylation is 2. The van der Waals surface area contributed by atoms with E-state index in [2.05, 4.69) is 46.5 Å². The molecule has 0 aliphatic carbocycles. The number of anilines is 2. The summed E-state index contributed by atoms with van der Waals surface area (Å²) in [5.41, 5.74) is 14.1. The first-order valence-corrected chi connectivity index (χ1v) is 14.9. The van der Waals surface area contributed by atoms with Gasteiger partial charge in [0.2, 0.25) is 0 Å². The van der Waals surface area contributed by atoms with Gasteiger partial charge in [-0.15, -0.1) is 0 Å². The van der Waals surface area contributed by atoms with Crippen molar-refractivity contribution in [2.45, 2.75) is 38.8 Å². The Bertz CT molecular complexity index is 1360. The van der Waals surface area contributed by atoms with E-state index in [1.807, 2.05) is 24.3 Å². The average molecular weight is 669 g/mol. The number of aromatic nitrogens is 2. The highest BCUT2D eigenvalue weighted by molar-refractivity contribution is 6.31. The van der Waals surface area contributed by atoms with Gasteiger partial charge < -0.3 is 40.6 Å². The van der Waals surface area contributed by atoms with E-state index in [1.54, 1.807) is 14.2 Å². The van der Waals surface area contributed by atoms with Crippen molar-refractivity contribution in [3.8, 4) is 11.5 Å². The van der Waals surface area contributed by atoms with Crippen LogP contribution in [0.3, 0.4) is 0 Å². The lowest BCUT2D eigenvalue weighted by atomic mass is 10.1. The maximum Gasteiger partial charge on any atom is 0.430 e. The Labute approximate surface area is 271 Å².